The number of piperidine rings is 1. The van der Waals surface area contributed by atoms with Gasteiger partial charge in [0.2, 0.25) is 5.95 Å². The Morgan fingerprint density at radius 2 is 1.84 bits per heavy atom. The van der Waals surface area contributed by atoms with Crippen LogP contribution in [-0.2, 0) is 11.3 Å². The number of likely N-dealkylation sites (tertiary alicyclic amines) is 1. The maximum atomic E-state index is 11.0. The van der Waals surface area contributed by atoms with E-state index in [1.807, 2.05) is 29.2 Å². The van der Waals surface area contributed by atoms with Crippen LogP contribution in [0.3, 0.4) is 0 Å². The number of carbonyl (C=O) groups is 1. The van der Waals surface area contributed by atoms with Crippen molar-refractivity contribution < 1.29 is 9.90 Å². The number of hydrogen-bond acceptors (Lipinski definition) is 9. The van der Waals surface area contributed by atoms with Crippen LogP contribution in [-0.4, -0.2) is 65.6 Å². The van der Waals surface area contributed by atoms with Crippen molar-refractivity contribution in [2.24, 2.45) is 0 Å². The largest absolute Gasteiger partial charge is 0.480 e. The number of anilines is 1. The molecule has 186 valence electrons. The molecule has 37 heavy (non-hydrogen) atoms. The minimum absolute atomic E-state index is 0.0839. The Morgan fingerprint density at radius 3 is 2.62 bits per heavy atom. The standard InChI is InChI=1S/C26H25N9O2/c27-13-17-3-1-4-19(11-17)22-12-23(31-26(28)30-22)24-15-35(33-32-24)14-20-5-2-6-21(29-20)18-7-9-34(10-8-18)16-25(36)37/h1-6,11-12,15,18H,7-10,14,16H2,(H,36,37)(H2,28,30,31). The molecule has 0 radical (unpaired) electrons. The number of aliphatic carboxylic acids is 1. The number of carboxylic acid groups (broad SMARTS) is 1. The summed E-state index contributed by atoms with van der Waals surface area (Å²) >= 11 is 0. The molecule has 4 heterocycles. The van der Waals surface area contributed by atoms with Crippen LogP contribution in [0.5, 0.6) is 0 Å². The lowest BCUT2D eigenvalue weighted by atomic mass is 9.93. The molecule has 0 amide bonds. The van der Waals surface area contributed by atoms with Crippen molar-refractivity contribution in [3.8, 4) is 28.7 Å². The summed E-state index contributed by atoms with van der Waals surface area (Å²) in [6, 6.07) is 17.0. The highest BCUT2D eigenvalue weighted by Gasteiger charge is 2.23. The Hall–Kier alpha value is -4.69. The molecule has 1 aliphatic rings. The second-order valence-electron chi connectivity index (χ2n) is 8.99. The zero-order valence-electron chi connectivity index (χ0n) is 20.0. The number of nitrogen functional groups attached to an aromatic ring is 1. The molecule has 11 nitrogen and oxygen atoms in total. The molecular formula is C26H25N9O2. The quantitative estimate of drug-likeness (QED) is 0.390. The molecule has 5 rings (SSSR count). The molecule has 0 unspecified atom stereocenters. The zero-order chi connectivity index (χ0) is 25.8. The van der Waals surface area contributed by atoms with Crippen molar-refractivity contribution in [2.75, 3.05) is 25.4 Å². The van der Waals surface area contributed by atoms with Crippen molar-refractivity contribution in [1.82, 2.24) is 34.8 Å². The molecule has 0 bridgehead atoms. The van der Waals surface area contributed by atoms with Gasteiger partial charge < -0.3 is 10.8 Å². The Morgan fingerprint density at radius 1 is 1.05 bits per heavy atom. The van der Waals surface area contributed by atoms with E-state index in [-0.39, 0.29) is 12.5 Å². The number of hydrogen-bond donors (Lipinski definition) is 2. The lowest BCUT2D eigenvalue weighted by Crippen LogP contribution is -2.36. The third-order valence-electron chi connectivity index (χ3n) is 6.35. The van der Waals surface area contributed by atoms with Crippen molar-refractivity contribution in [3.05, 3.63) is 71.7 Å². The van der Waals surface area contributed by atoms with Crippen molar-refractivity contribution in [1.29, 1.82) is 5.26 Å². The van der Waals surface area contributed by atoms with Crippen LogP contribution in [0, 0.1) is 11.3 Å². The van der Waals surface area contributed by atoms with Gasteiger partial charge in [0.1, 0.15) is 5.69 Å². The number of aromatic nitrogens is 6. The smallest absolute Gasteiger partial charge is 0.317 e. The van der Waals surface area contributed by atoms with Crippen LogP contribution >= 0.6 is 0 Å². The summed E-state index contributed by atoms with van der Waals surface area (Å²) in [5.74, 6) is -0.383. The lowest BCUT2D eigenvalue weighted by Gasteiger charge is -2.30. The molecule has 3 N–H and O–H groups in total. The van der Waals surface area contributed by atoms with E-state index < -0.39 is 5.97 Å². The van der Waals surface area contributed by atoms with Crippen LogP contribution in [0.4, 0.5) is 5.95 Å². The van der Waals surface area contributed by atoms with Gasteiger partial charge in [-0.2, -0.15) is 5.26 Å². The van der Waals surface area contributed by atoms with Gasteiger partial charge in [-0.25, -0.2) is 14.6 Å². The van der Waals surface area contributed by atoms with Crippen molar-refractivity contribution in [3.63, 3.8) is 0 Å². The van der Waals surface area contributed by atoms with E-state index >= 15 is 0 Å². The Bertz CT molecular complexity index is 1470. The van der Waals surface area contributed by atoms with Crippen LogP contribution < -0.4 is 5.73 Å². The van der Waals surface area contributed by atoms with E-state index in [4.69, 9.17) is 15.8 Å². The first-order valence-electron chi connectivity index (χ1n) is 11.9. The lowest BCUT2D eigenvalue weighted by molar-refractivity contribution is -0.138. The maximum Gasteiger partial charge on any atom is 0.317 e. The van der Waals surface area contributed by atoms with E-state index in [1.165, 1.54) is 0 Å². The maximum absolute atomic E-state index is 11.0. The normalized spacial score (nSPS) is 14.4. The Kier molecular flexibility index (Phi) is 6.83. The molecule has 0 atom stereocenters. The average Bonchev–Trinajstić information content (AvgIpc) is 3.37. The van der Waals surface area contributed by atoms with Gasteiger partial charge in [-0.05, 0) is 56.3 Å². The second-order valence-corrected chi connectivity index (χ2v) is 8.99. The predicted molar refractivity (Wildman–Crippen MR) is 135 cm³/mol. The van der Waals surface area contributed by atoms with E-state index in [1.54, 1.807) is 35.1 Å². The number of carboxylic acids is 1. The van der Waals surface area contributed by atoms with Crippen molar-refractivity contribution >= 4 is 11.9 Å². The monoisotopic (exact) mass is 495 g/mol. The minimum atomic E-state index is -0.792. The molecule has 0 spiro atoms. The molecule has 1 saturated heterocycles. The van der Waals surface area contributed by atoms with Crippen LogP contribution in [0.2, 0.25) is 0 Å². The molecule has 0 saturated carbocycles. The van der Waals surface area contributed by atoms with Gasteiger partial charge >= 0.3 is 5.97 Å². The predicted octanol–water partition coefficient (Wildman–Crippen LogP) is 2.56. The highest BCUT2D eigenvalue weighted by molar-refractivity contribution is 5.69. The van der Waals surface area contributed by atoms with Gasteiger partial charge in [0.05, 0.1) is 48.0 Å². The third kappa shape index (κ3) is 5.76. The molecule has 1 aromatic carbocycles. The fourth-order valence-corrected chi connectivity index (χ4v) is 4.54. The topological polar surface area (TPSA) is 160 Å². The van der Waals surface area contributed by atoms with E-state index in [9.17, 15) is 10.1 Å². The minimum Gasteiger partial charge on any atom is -0.480 e. The van der Waals surface area contributed by atoms with Gasteiger partial charge in [-0.15, -0.1) is 5.10 Å². The summed E-state index contributed by atoms with van der Waals surface area (Å²) in [7, 11) is 0. The van der Waals surface area contributed by atoms with E-state index in [0.717, 1.165) is 42.9 Å². The van der Waals surface area contributed by atoms with Gasteiger partial charge in [-0.3, -0.25) is 14.7 Å². The first kappa shape index (κ1) is 24.0. The average molecular weight is 496 g/mol. The number of pyridine rings is 1. The first-order valence-corrected chi connectivity index (χ1v) is 11.9. The molecule has 11 heteroatoms. The van der Waals surface area contributed by atoms with E-state index in [0.29, 0.717) is 35.1 Å². The number of benzene rings is 1. The Balaban J connectivity index is 1.30. The summed E-state index contributed by atoms with van der Waals surface area (Å²) in [6.45, 7) is 2.03. The van der Waals surface area contributed by atoms with Crippen molar-refractivity contribution in [2.45, 2.75) is 25.3 Å². The molecule has 0 aliphatic carbocycles. The van der Waals surface area contributed by atoms with Gasteiger partial charge in [0.25, 0.3) is 0 Å². The first-order chi connectivity index (χ1) is 18.0. The van der Waals surface area contributed by atoms with Gasteiger partial charge in [0, 0.05) is 17.2 Å². The molecule has 1 fully saturated rings. The summed E-state index contributed by atoms with van der Waals surface area (Å²) in [6.07, 6.45) is 3.55. The second kappa shape index (κ2) is 10.5. The highest BCUT2D eigenvalue weighted by atomic mass is 16.4. The van der Waals surface area contributed by atoms with Crippen LogP contribution in [0.25, 0.3) is 22.6 Å². The number of rotatable bonds is 7. The number of nitrogens with two attached hydrogens (primary N) is 1. The van der Waals surface area contributed by atoms with Gasteiger partial charge in [-0.1, -0.05) is 23.4 Å². The number of nitrogens with zero attached hydrogens (tertiary/aromatic N) is 8. The zero-order valence-corrected chi connectivity index (χ0v) is 20.0. The third-order valence-corrected chi connectivity index (χ3v) is 6.35. The summed E-state index contributed by atoms with van der Waals surface area (Å²) in [4.78, 5) is 26.4. The fraction of sp³-hybridized carbons (Fsp3) is 0.269. The van der Waals surface area contributed by atoms with E-state index in [2.05, 4.69) is 26.3 Å². The summed E-state index contributed by atoms with van der Waals surface area (Å²) in [5, 5.41) is 26.7. The van der Waals surface area contributed by atoms with Crippen LogP contribution in [0.1, 0.15) is 35.7 Å². The molecular weight excluding hydrogens is 470 g/mol. The SMILES string of the molecule is N#Cc1cccc(-c2cc(-c3cn(Cc4cccc(C5CCN(CC(=O)O)CC5)n4)nn3)nc(N)n2)c1. The summed E-state index contributed by atoms with van der Waals surface area (Å²) < 4.78 is 1.70. The molecule has 4 aromatic rings. The molecule has 3 aromatic heterocycles. The number of nitriles is 1. The molecule has 1 aliphatic heterocycles. The Labute approximate surface area is 213 Å². The van der Waals surface area contributed by atoms with Crippen LogP contribution in [0.15, 0.2) is 54.7 Å². The fourth-order valence-electron chi connectivity index (χ4n) is 4.54. The highest BCUT2D eigenvalue weighted by Crippen LogP contribution is 2.27. The summed E-state index contributed by atoms with van der Waals surface area (Å²) in [5.41, 5.74) is 10.8. The van der Waals surface area contributed by atoms with Gasteiger partial charge in [0.15, 0.2) is 0 Å².